The second kappa shape index (κ2) is 11.9. The lowest BCUT2D eigenvalue weighted by molar-refractivity contribution is 0.0240. The number of amides is 1. The van der Waals surface area contributed by atoms with Crippen LogP contribution in [0.5, 0.6) is 5.75 Å². The van der Waals surface area contributed by atoms with E-state index in [9.17, 15) is 9.59 Å². The Bertz CT molecular complexity index is 1740. The second-order valence-corrected chi connectivity index (χ2v) is 12.3. The molecule has 0 spiro atoms. The molecule has 3 aromatic carbocycles. The molecule has 1 fully saturated rings. The first-order valence-electron chi connectivity index (χ1n) is 14.3. The van der Waals surface area contributed by atoms with Crippen LogP contribution in [0.25, 0.3) is 27.7 Å². The van der Waals surface area contributed by atoms with Crippen LogP contribution in [-0.4, -0.2) is 59.4 Å². The van der Waals surface area contributed by atoms with Gasteiger partial charge < -0.3 is 19.3 Å². The van der Waals surface area contributed by atoms with Crippen molar-refractivity contribution in [2.45, 2.75) is 46.1 Å². The third-order valence-corrected chi connectivity index (χ3v) is 7.77. The lowest BCUT2D eigenvalue weighted by Gasteiger charge is -2.36. The van der Waals surface area contributed by atoms with E-state index in [2.05, 4.69) is 18.8 Å². The number of para-hydroxylation sites is 1. The minimum atomic E-state index is -0.599. The number of hydrogen-bond acceptors (Lipinski definition) is 6. The standard InChI is InChI=1S/C33H36ClFN4O4/c1-20(2)21-10-7-8-12-26(21)39-27-19-22(29-25(35)11-9-13-28(29)42-6)24(34)18-23(27)30(36-31(39)40)37-14-16-38(17-15-37)32(41)43-33(3,4)5/h7-13,18-20H,14-17H2,1-6H3. The number of carbonyl (C=O) groups is 1. The van der Waals surface area contributed by atoms with E-state index in [-0.39, 0.29) is 22.6 Å². The Morgan fingerprint density at radius 3 is 2.37 bits per heavy atom. The van der Waals surface area contributed by atoms with E-state index >= 15 is 4.39 Å². The van der Waals surface area contributed by atoms with Gasteiger partial charge in [-0.3, -0.25) is 4.57 Å². The van der Waals surface area contributed by atoms with E-state index in [1.54, 1.807) is 33.7 Å². The highest BCUT2D eigenvalue weighted by Crippen LogP contribution is 2.41. The van der Waals surface area contributed by atoms with Crippen molar-refractivity contribution in [3.05, 3.63) is 81.5 Å². The van der Waals surface area contributed by atoms with Gasteiger partial charge in [0, 0.05) is 42.2 Å². The average molecular weight is 607 g/mol. The molecular formula is C33H36ClFN4O4. The van der Waals surface area contributed by atoms with Crippen molar-refractivity contribution in [3.8, 4) is 22.6 Å². The van der Waals surface area contributed by atoms with E-state index in [1.807, 2.05) is 49.9 Å². The maximum absolute atomic E-state index is 15.3. The SMILES string of the molecule is COc1cccc(F)c1-c1cc2c(cc1Cl)c(N1CCN(C(=O)OC(C)(C)C)CC1)nc(=O)n2-c1ccccc1C(C)C. The van der Waals surface area contributed by atoms with Gasteiger partial charge in [-0.05, 0) is 62.6 Å². The van der Waals surface area contributed by atoms with Gasteiger partial charge >= 0.3 is 11.8 Å². The van der Waals surface area contributed by atoms with Crippen molar-refractivity contribution in [3.63, 3.8) is 0 Å². The molecule has 5 rings (SSSR count). The number of nitrogens with zero attached hydrogens (tertiary/aromatic N) is 4. The van der Waals surface area contributed by atoms with Crippen LogP contribution < -0.4 is 15.3 Å². The van der Waals surface area contributed by atoms with Gasteiger partial charge in [0.1, 0.15) is 23.0 Å². The van der Waals surface area contributed by atoms with E-state index < -0.39 is 17.1 Å². The van der Waals surface area contributed by atoms with Crippen LogP contribution in [0.4, 0.5) is 15.0 Å². The number of rotatable bonds is 5. The molecule has 0 unspecified atom stereocenters. The van der Waals surface area contributed by atoms with Crippen LogP contribution >= 0.6 is 11.6 Å². The van der Waals surface area contributed by atoms with Crippen molar-refractivity contribution >= 4 is 34.4 Å². The molecule has 2 heterocycles. The van der Waals surface area contributed by atoms with E-state index in [4.69, 9.17) is 21.1 Å². The van der Waals surface area contributed by atoms with Gasteiger partial charge in [0.2, 0.25) is 0 Å². The number of methoxy groups -OCH3 is 1. The number of benzene rings is 3. The number of hydrogen-bond donors (Lipinski definition) is 0. The fraction of sp³-hybridized carbons (Fsp3) is 0.364. The van der Waals surface area contributed by atoms with Gasteiger partial charge in [-0.25, -0.2) is 14.0 Å². The summed E-state index contributed by atoms with van der Waals surface area (Å²) < 4.78 is 27.9. The van der Waals surface area contributed by atoms with Gasteiger partial charge in [-0.2, -0.15) is 4.98 Å². The van der Waals surface area contributed by atoms with Crippen molar-refractivity contribution in [2.24, 2.45) is 0 Å². The minimum absolute atomic E-state index is 0.122. The summed E-state index contributed by atoms with van der Waals surface area (Å²) in [6, 6.07) is 15.7. The maximum Gasteiger partial charge on any atom is 0.410 e. The Morgan fingerprint density at radius 2 is 1.72 bits per heavy atom. The summed E-state index contributed by atoms with van der Waals surface area (Å²) >= 11 is 6.87. The molecular weight excluding hydrogens is 571 g/mol. The lowest BCUT2D eigenvalue weighted by Crippen LogP contribution is -2.50. The van der Waals surface area contributed by atoms with E-state index in [0.717, 1.165) is 5.56 Å². The van der Waals surface area contributed by atoms with Crippen molar-refractivity contribution in [1.29, 1.82) is 0 Å². The van der Waals surface area contributed by atoms with Crippen LogP contribution in [-0.2, 0) is 4.74 Å². The van der Waals surface area contributed by atoms with E-state index in [0.29, 0.717) is 59.9 Å². The third-order valence-electron chi connectivity index (χ3n) is 7.46. The quantitative estimate of drug-likeness (QED) is 0.243. The van der Waals surface area contributed by atoms with Gasteiger partial charge in [0.15, 0.2) is 0 Å². The zero-order chi connectivity index (χ0) is 31.1. The molecule has 0 bridgehead atoms. The first-order valence-corrected chi connectivity index (χ1v) is 14.7. The Kier molecular flexibility index (Phi) is 8.38. The fourth-order valence-electron chi connectivity index (χ4n) is 5.44. The predicted molar refractivity (Wildman–Crippen MR) is 168 cm³/mol. The van der Waals surface area contributed by atoms with E-state index in [1.165, 1.54) is 13.2 Å². The summed E-state index contributed by atoms with van der Waals surface area (Å²) in [6.45, 7) is 11.3. The topological polar surface area (TPSA) is 76.9 Å². The van der Waals surface area contributed by atoms with Gasteiger partial charge in [-0.1, -0.05) is 49.7 Å². The molecule has 1 amide bonds. The fourth-order valence-corrected chi connectivity index (χ4v) is 5.70. The molecule has 1 aliphatic rings. The number of anilines is 1. The largest absolute Gasteiger partial charge is 0.496 e. The smallest absolute Gasteiger partial charge is 0.410 e. The Morgan fingerprint density at radius 1 is 1.02 bits per heavy atom. The van der Waals surface area contributed by atoms with Gasteiger partial charge in [0.05, 0.1) is 23.9 Å². The monoisotopic (exact) mass is 606 g/mol. The number of piperazine rings is 1. The summed E-state index contributed by atoms with van der Waals surface area (Å²) in [4.78, 5) is 34.8. The molecule has 1 aliphatic heterocycles. The van der Waals surface area contributed by atoms with Crippen LogP contribution in [0.2, 0.25) is 5.02 Å². The zero-order valence-corrected chi connectivity index (χ0v) is 26.0. The number of carbonyl (C=O) groups excluding carboxylic acids is 1. The summed E-state index contributed by atoms with van der Waals surface area (Å²) in [6.07, 6.45) is -0.378. The van der Waals surface area contributed by atoms with Gasteiger partial charge in [-0.15, -0.1) is 0 Å². The third kappa shape index (κ3) is 6.04. The Labute approximate surface area is 255 Å². The number of ether oxygens (including phenoxy) is 2. The van der Waals surface area contributed by atoms with Crippen LogP contribution in [0.3, 0.4) is 0 Å². The summed E-state index contributed by atoms with van der Waals surface area (Å²) in [5, 5.41) is 0.918. The maximum atomic E-state index is 15.3. The highest BCUT2D eigenvalue weighted by atomic mass is 35.5. The molecule has 1 saturated heterocycles. The summed E-state index contributed by atoms with van der Waals surface area (Å²) in [5.41, 5.74) is 1.71. The van der Waals surface area contributed by atoms with Crippen LogP contribution in [0, 0.1) is 5.82 Å². The molecule has 0 aliphatic carbocycles. The first kappa shape index (κ1) is 30.4. The van der Waals surface area contributed by atoms with Gasteiger partial charge in [0.25, 0.3) is 0 Å². The second-order valence-electron chi connectivity index (χ2n) is 11.9. The Balaban J connectivity index is 1.70. The normalized spacial score (nSPS) is 14.0. The van der Waals surface area contributed by atoms with Crippen molar-refractivity contribution in [1.82, 2.24) is 14.5 Å². The highest BCUT2D eigenvalue weighted by Gasteiger charge is 2.29. The molecule has 0 atom stereocenters. The molecule has 10 heteroatoms. The molecule has 1 aromatic heterocycles. The molecule has 8 nitrogen and oxygen atoms in total. The highest BCUT2D eigenvalue weighted by molar-refractivity contribution is 6.34. The summed E-state index contributed by atoms with van der Waals surface area (Å²) in [5.74, 6) is 0.406. The lowest BCUT2D eigenvalue weighted by atomic mass is 9.99. The predicted octanol–water partition coefficient (Wildman–Crippen LogP) is 7.03. The van der Waals surface area contributed by atoms with Crippen molar-refractivity contribution in [2.75, 3.05) is 38.2 Å². The molecule has 0 radical (unpaired) electrons. The number of aromatic nitrogens is 2. The van der Waals surface area contributed by atoms with Crippen LogP contribution in [0.15, 0.2) is 59.4 Å². The summed E-state index contributed by atoms with van der Waals surface area (Å²) in [7, 11) is 1.47. The Hall–Kier alpha value is -4.11. The van der Waals surface area contributed by atoms with Crippen molar-refractivity contribution < 1.29 is 18.7 Å². The molecule has 43 heavy (non-hydrogen) atoms. The minimum Gasteiger partial charge on any atom is -0.496 e. The average Bonchev–Trinajstić information content (AvgIpc) is 2.96. The first-order chi connectivity index (χ1) is 20.4. The number of halogens is 2. The molecule has 226 valence electrons. The van der Waals surface area contributed by atoms with Crippen LogP contribution in [0.1, 0.15) is 46.1 Å². The zero-order valence-electron chi connectivity index (χ0n) is 25.3. The molecule has 4 aromatic rings. The number of fused-ring (bicyclic) bond motifs is 1. The molecule has 0 saturated carbocycles. The molecule has 0 N–H and O–H groups in total.